The molecule has 1 unspecified atom stereocenters. The second kappa shape index (κ2) is 5.91. The van der Waals surface area contributed by atoms with Crippen LogP contribution < -0.4 is 11.1 Å². The summed E-state index contributed by atoms with van der Waals surface area (Å²) < 4.78 is 0. The van der Waals surface area contributed by atoms with Gasteiger partial charge in [-0.15, -0.1) is 0 Å². The predicted octanol–water partition coefficient (Wildman–Crippen LogP) is 2.71. The van der Waals surface area contributed by atoms with E-state index in [1.165, 1.54) is 25.7 Å². The zero-order chi connectivity index (χ0) is 13.8. The quantitative estimate of drug-likeness (QED) is 0.306. The molecule has 1 aliphatic rings. The van der Waals surface area contributed by atoms with Crippen molar-refractivity contribution in [3.8, 4) is 0 Å². The molecule has 0 heterocycles. The van der Waals surface area contributed by atoms with Crippen LogP contribution in [0, 0.1) is 10.8 Å². The van der Waals surface area contributed by atoms with Crippen LogP contribution in [0.15, 0.2) is 5.16 Å². The van der Waals surface area contributed by atoms with Crippen LogP contribution in [0.3, 0.4) is 0 Å². The Hall–Kier alpha value is -0.770. The molecule has 0 aromatic heterocycles. The van der Waals surface area contributed by atoms with Crippen molar-refractivity contribution in [2.24, 2.45) is 21.7 Å². The van der Waals surface area contributed by atoms with E-state index < -0.39 is 0 Å². The monoisotopic (exact) mass is 255 g/mol. The van der Waals surface area contributed by atoms with Gasteiger partial charge in [0.25, 0.3) is 0 Å². The number of rotatable bonds is 5. The molecule has 0 saturated heterocycles. The van der Waals surface area contributed by atoms with Crippen LogP contribution in [0.5, 0.6) is 0 Å². The van der Waals surface area contributed by atoms with Crippen molar-refractivity contribution in [1.29, 1.82) is 0 Å². The molecular formula is C14H29N3O. The van der Waals surface area contributed by atoms with Crippen molar-refractivity contribution in [1.82, 2.24) is 5.32 Å². The fourth-order valence-electron chi connectivity index (χ4n) is 2.69. The van der Waals surface area contributed by atoms with Gasteiger partial charge in [-0.3, -0.25) is 0 Å². The molecule has 1 aliphatic carbocycles. The van der Waals surface area contributed by atoms with Gasteiger partial charge in [0.1, 0.15) is 5.84 Å². The summed E-state index contributed by atoms with van der Waals surface area (Å²) in [5.41, 5.74) is 5.83. The third kappa shape index (κ3) is 3.87. The van der Waals surface area contributed by atoms with E-state index in [1.54, 1.807) is 0 Å². The number of hydrogen-bond acceptors (Lipinski definition) is 3. The van der Waals surface area contributed by atoms with E-state index in [0.29, 0.717) is 17.3 Å². The highest BCUT2D eigenvalue weighted by Gasteiger charge is 2.32. The third-order valence-corrected chi connectivity index (χ3v) is 4.45. The first-order chi connectivity index (χ1) is 8.29. The van der Waals surface area contributed by atoms with Crippen LogP contribution >= 0.6 is 0 Å². The van der Waals surface area contributed by atoms with E-state index in [2.05, 4.69) is 24.3 Å². The zero-order valence-electron chi connectivity index (χ0n) is 12.3. The molecule has 1 atom stereocenters. The van der Waals surface area contributed by atoms with E-state index >= 15 is 0 Å². The van der Waals surface area contributed by atoms with Crippen molar-refractivity contribution in [2.45, 2.75) is 65.8 Å². The van der Waals surface area contributed by atoms with Gasteiger partial charge in [0.2, 0.25) is 0 Å². The lowest BCUT2D eigenvalue weighted by Gasteiger charge is -2.39. The molecule has 1 saturated carbocycles. The third-order valence-electron chi connectivity index (χ3n) is 4.45. The highest BCUT2D eigenvalue weighted by atomic mass is 16.4. The largest absolute Gasteiger partial charge is 0.409 e. The fourth-order valence-corrected chi connectivity index (χ4v) is 2.69. The number of nitrogens with zero attached hydrogens (tertiary/aromatic N) is 1. The lowest BCUT2D eigenvalue weighted by Crippen LogP contribution is -2.46. The summed E-state index contributed by atoms with van der Waals surface area (Å²) in [5.74, 6) is 0.312. The first-order valence-corrected chi connectivity index (χ1v) is 7.01. The van der Waals surface area contributed by atoms with Crippen molar-refractivity contribution in [2.75, 3.05) is 6.54 Å². The minimum absolute atomic E-state index is 0.249. The Balaban J connectivity index is 2.42. The van der Waals surface area contributed by atoms with Crippen molar-refractivity contribution >= 4 is 5.84 Å². The number of oxime groups is 1. The molecule has 4 N–H and O–H groups in total. The minimum atomic E-state index is -0.249. The maximum absolute atomic E-state index is 8.74. The molecule has 106 valence electrons. The van der Waals surface area contributed by atoms with Crippen molar-refractivity contribution < 1.29 is 5.21 Å². The van der Waals surface area contributed by atoms with Crippen LogP contribution in [-0.4, -0.2) is 23.6 Å². The van der Waals surface area contributed by atoms with Crippen molar-refractivity contribution in [3.05, 3.63) is 0 Å². The number of amidine groups is 1. The Bertz CT molecular complexity index is 297. The lowest BCUT2D eigenvalue weighted by molar-refractivity contribution is 0.165. The van der Waals surface area contributed by atoms with Crippen LogP contribution in [-0.2, 0) is 0 Å². The second-order valence-corrected chi connectivity index (χ2v) is 6.86. The Morgan fingerprint density at radius 1 is 1.44 bits per heavy atom. The summed E-state index contributed by atoms with van der Waals surface area (Å²) >= 11 is 0. The SMILES string of the molecule is CC(C)(CCNC1CCCCC1(C)C)/C(N)=N/O. The van der Waals surface area contributed by atoms with Gasteiger partial charge in [0.05, 0.1) is 0 Å². The van der Waals surface area contributed by atoms with Crippen LogP contribution in [0.4, 0.5) is 0 Å². The molecule has 18 heavy (non-hydrogen) atoms. The van der Waals surface area contributed by atoms with Gasteiger partial charge in [0.15, 0.2) is 0 Å². The van der Waals surface area contributed by atoms with Gasteiger partial charge in [-0.1, -0.05) is 45.7 Å². The van der Waals surface area contributed by atoms with Gasteiger partial charge in [-0.2, -0.15) is 0 Å². The van der Waals surface area contributed by atoms with E-state index in [1.807, 2.05) is 13.8 Å². The maximum Gasteiger partial charge on any atom is 0.144 e. The lowest BCUT2D eigenvalue weighted by atomic mass is 9.73. The van der Waals surface area contributed by atoms with Gasteiger partial charge < -0.3 is 16.3 Å². The predicted molar refractivity (Wildman–Crippen MR) is 75.8 cm³/mol. The molecule has 0 spiro atoms. The summed E-state index contributed by atoms with van der Waals surface area (Å²) in [4.78, 5) is 0. The van der Waals surface area contributed by atoms with Crippen LogP contribution in [0.1, 0.15) is 59.8 Å². The molecule has 1 fully saturated rings. The molecule has 0 aliphatic heterocycles. The summed E-state index contributed by atoms with van der Waals surface area (Å²) in [6.45, 7) is 9.62. The van der Waals surface area contributed by atoms with Gasteiger partial charge in [0, 0.05) is 11.5 Å². The highest BCUT2D eigenvalue weighted by Crippen LogP contribution is 2.35. The summed E-state index contributed by atoms with van der Waals surface area (Å²) in [5, 5.41) is 15.5. The van der Waals surface area contributed by atoms with E-state index in [4.69, 9.17) is 10.9 Å². The van der Waals surface area contributed by atoms with E-state index in [9.17, 15) is 0 Å². The Morgan fingerprint density at radius 2 is 2.11 bits per heavy atom. The molecule has 0 bridgehead atoms. The first-order valence-electron chi connectivity index (χ1n) is 7.01. The van der Waals surface area contributed by atoms with Crippen molar-refractivity contribution in [3.63, 3.8) is 0 Å². The zero-order valence-corrected chi connectivity index (χ0v) is 12.3. The molecule has 0 aromatic carbocycles. The number of hydrogen-bond donors (Lipinski definition) is 3. The molecule has 4 heteroatoms. The molecule has 0 amide bonds. The average Bonchev–Trinajstić information content (AvgIpc) is 2.29. The normalized spacial score (nSPS) is 25.1. The molecule has 0 radical (unpaired) electrons. The summed E-state index contributed by atoms with van der Waals surface area (Å²) in [7, 11) is 0. The van der Waals surface area contributed by atoms with E-state index in [0.717, 1.165) is 13.0 Å². The standard InChI is InChI=1S/C14H29N3O/c1-13(2)8-6-5-7-11(13)16-10-9-14(3,4)12(15)17-18/h11,16,18H,5-10H2,1-4H3,(H2,15,17). The van der Waals surface area contributed by atoms with Gasteiger partial charge in [-0.05, 0) is 31.2 Å². The minimum Gasteiger partial charge on any atom is -0.409 e. The Kier molecular flexibility index (Phi) is 5.02. The van der Waals surface area contributed by atoms with Gasteiger partial charge in [-0.25, -0.2) is 0 Å². The summed E-state index contributed by atoms with van der Waals surface area (Å²) in [6.07, 6.45) is 6.12. The smallest absolute Gasteiger partial charge is 0.144 e. The molecule has 1 rings (SSSR count). The molecule has 0 aromatic rings. The number of nitrogens with one attached hydrogen (secondary N) is 1. The fraction of sp³-hybridized carbons (Fsp3) is 0.929. The highest BCUT2D eigenvalue weighted by molar-refractivity contribution is 5.85. The first kappa shape index (κ1) is 15.3. The van der Waals surface area contributed by atoms with Crippen LogP contribution in [0.2, 0.25) is 0 Å². The summed E-state index contributed by atoms with van der Waals surface area (Å²) in [6, 6.07) is 0.592. The second-order valence-electron chi connectivity index (χ2n) is 6.86. The Morgan fingerprint density at radius 3 is 2.67 bits per heavy atom. The number of nitrogens with two attached hydrogens (primary N) is 1. The van der Waals surface area contributed by atoms with E-state index in [-0.39, 0.29) is 5.41 Å². The topological polar surface area (TPSA) is 70.6 Å². The average molecular weight is 255 g/mol. The maximum atomic E-state index is 8.74. The molecular weight excluding hydrogens is 226 g/mol. The Labute approximate surface area is 111 Å². The molecule has 4 nitrogen and oxygen atoms in total. The van der Waals surface area contributed by atoms with Gasteiger partial charge >= 0.3 is 0 Å². The van der Waals surface area contributed by atoms with Crippen LogP contribution in [0.25, 0.3) is 0 Å².